The van der Waals surface area contributed by atoms with Gasteiger partial charge >= 0.3 is 0 Å². The van der Waals surface area contributed by atoms with Crippen molar-refractivity contribution in [3.63, 3.8) is 0 Å². The van der Waals surface area contributed by atoms with Gasteiger partial charge in [0.25, 0.3) is 0 Å². The maximum absolute atomic E-state index is 5.18. The molecule has 2 aliphatic heterocycles. The number of rotatable bonds is 12. The Labute approximate surface area is 537 Å². The quantitative estimate of drug-likeness (QED) is 0.114. The maximum atomic E-state index is 5.18. The van der Waals surface area contributed by atoms with Crippen molar-refractivity contribution < 1.29 is 21.1 Å². The Morgan fingerprint density at radius 1 is 0.382 bits per heavy atom. The molecular weight excluding hydrogens is 1260 g/mol. The number of benzene rings is 12. The molecule has 0 spiro atoms. The molecule has 12 aromatic carbocycles. The molecule has 0 saturated carbocycles. The second-order valence-electron chi connectivity index (χ2n) is 23.9. The summed E-state index contributed by atoms with van der Waals surface area (Å²) in [5.41, 5.74) is 25.7. The summed E-state index contributed by atoms with van der Waals surface area (Å²) in [5.74, 6) is 0.841. The Kier molecular flexibility index (Phi) is 15.3. The molecule has 0 fully saturated rings. The van der Waals surface area contributed by atoms with E-state index in [1.807, 2.05) is 6.20 Å². The van der Waals surface area contributed by atoms with E-state index in [4.69, 9.17) is 4.98 Å². The van der Waals surface area contributed by atoms with Gasteiger partial charge in [0.2, 0.25) is 0 Å². The number of fused-ring (bicyclic) bond motifs is 6. The van der Waals surface area contributed by atoms with E-state index in [1.54, 1.807) is 0 Å². The predicted octanol–water partition coefficient (Wildman–Crippen LogP) is 22.6. The molecule has 0 saturated heterocycles. The first-order chi connectivity index (χ1) is 43.3. The van der Waals surface area contributed by atoms with Gasteiger partial charge in [-0.15, -0.1) is 53.8 Å². The summed E-state index contributed by atoms with van der Waals surface area (Å²) in [6.45, 7) is 9.15. The molecule has 0 radical (unpaired) electrons. The van der Waals surface area contributed by atoms with Gasteiger partial charge in [-0.25, -0.2) is 4.98 Å². The average Bonchev–Trinajstić information content (AvgIpc) is 1.69. The summed E-state index contributed by atoms with van der Waals surface area (Å²) >= 11 is 0. The third kappa shape index (κ3) is 11.0. The predicted molar refractivity (Wildman–Crippen MR) is 368 cm³/mol. The number of nitrogens with zero attached hydrogens (tertiary/aromatic N) is 5. The third-order valence-electron chi connectivity index (χ3n) is 16.7. The molecule has 0 unspecified atom stereocenters. The van der Waals surface area contributed by atoms with Crippen LogP contribution in [0.5, 0.6) is 0 Å². The number of para-hydroxylation sites is 5. The van der Waals surface area contributed by atoms with Gasteiger partial charge in [-0.2, -0.15) is 6.07 Å². The molecular formula is C83H62N5Pt-3. The normalized spacial score (nSPS) is 12.3. The van der Waals surface area contributed by atoms with Crippen molar-refractivity contribution in [2.45, 2.75) is 27.2 Å². The van der Waals surface area contributed by atoms with Gasteiger partial charge in [0.05, 0.1) is 5.69 Å². The molecule has 5 nitrogen and oxygen atoms in total. The van der Waals surface area contributed by atoms with E-state index in [0.29, 0.717) is 0 Å². The van der Waals surface area contributed by atoms with E-state index in [9.17, 15) is 0 Å². The summed E-state index contributed by atoms with van der Waals surface area (Å²) in [7, 11) is 0. The Balaban J connectivity index is 0.00000694. The van der Waals surface area contributed by atoms with Crippen LogP contribution < -0.4 is 19.6 Å². The Morgan fingerprint density at radius 2 is 0.865 bits per heavy atom. The zero-order chi connectivity index (χ0) is 59.1. The van der Waals surface area contributed by atoms with Crippen LogP contribution in [0.15, 0.2) is 303 Å². The molecule has 432 valence electrons. The molecule has 6 heteroatoms. The Morgan fingerprint density at radius 3 is 1.47 bits per heavy atom. The Bertz CT molecular complexity index is 4590. The van der Waals surface area contributed by atoms with Crippen molar-refractivity contribution >= 4 is 57.0 Å². The van der Waals surface area contributed by atoms with Gasteiger partial charge in [0.15, 0.2) is 0 Å². The van der Waals surface area contributed by atoms with Crippen LogP contribution >= 0.6 is 0 Å². The van der Waals surface area contributed by atoms with Crippen LogP contribution in [0, 0.1) is 24.2 Å². The molecule has 0 atom stereocenters. The second kappa shape index (κ2) is 24.1. The molecule has 15 rings (SSSR count). The van der Waals surface area contributed by atoms with E-state index >= 15 is 0 Å². The minimum atomic E-state index is 0. The van der Waals surface area contributed by atoms with Crippen LogP contribution in [-0.4, -0.2) is 4.98 Å². The average molecular weight is 1320 g/mol. The molecule has 89 heavy (non-hydrogen) atoms. The number of aromatic nitrogens is 1. The van der Waals surface area contributed by atoms with E-state index < -0.39 is 0 Å². The monoisotopic (exact) mass is 1320 g/mol. The maximum Gasteiger partial charge on any atom is 0.135 e. The van der Waals surface area contributed by atoms with E-state index in [-0.39, 0.29) is 26.5 Å². The minimum absolute atomic E-state index is 0. The molecule has 3 heterocycles. The van der Waals surface area contributed by atoms with Crippen molar-refractivity contribution in [2.24, 2.45) is 5.41 Å². The molecule has 2 aliphatic rings. The number of pyridine rings is 1. The van der Waals surface area contributed by atoms with Crippen molar-refractivity contribution in [2.75, 3.05) is 19.6 Å². The molecule has 0 bridgehead atoms. The Hall–Kier alpha value is -10.3. The van der Waals surface area contributed by atoms with Gasteiger partial charge in [0.1, 0.15) is 5.82 Å². The first-order valence-electron chi connectivity index (χ1n) is 30.2. The third-order valence-corrected chi connectivity index (χ3v) is 16.7. The second-order valence-corrected chi connectivity index (χ2v) is 23.9. The van der Waals surface area contributed by atoms with Crippen LogP contribution in [0.4, 0.5) is 57.0 Å². The van der Waals surface area contributed by atoms with Gasteiger partial charge in [0, 0.05) is 66.7 Å². The molecule has 1 aromatic heterocycles. The molecule has 0 amide bonds. The standard InChI is InChI=1S/C83H62N5.Pt/c1-83(2,3)56-58-47-48-84-81(49-58)88-77-42-19-18-39-75(77)73-37-16-17-38-74(73)76-46-45-68(55-80(76)88)87(67-35-14-7-15-36-67)70-53-66(61-29-12-6-13-30-61)52-69(54-70)85-57-86(79-44-21-20-43-78(79)85)82-71(64-33-22-31-62(50-64)59-25-8-4-9-26-59)40-24-41-72(82)65-34-23-32-63(51-65)60-27-10-5-11-28-60;/h4-53,57H,56H2,1-3H3;/q-3;. The van der Waals surface area contributed by atoms with E-state index in [0.717, 1.165) is 130 Å². The van der Waals surface area contributed by atoms with Crippen LogP contribution in [0.2, 0.25) is 0 Å². The summed E-state index contributed by atoms with van der Waals surface area (Å²) < 4.78 is 0. The topological polar surface area (TPSA) is 25.9 Å². The molecule has 0 aliphatic carbocycles. The SMILES string of the molecule is CC(C)(C)Cc1ccnc(N2c3[c-]c(N(c4[c-]c(N5[CH-]N(c6c(-c7cccc(-c8ccccc8)c7)cccc6-c6cccc(-c7ccccc7)c6)c6ccccc65)cc(-c5ccccc5)c4)c4ccccc4)ccc3-c3ccccc3-c3ccccc32)c1.[Pt]. The van der Waals surface area contributed by atoms with Crippen molar-refractivity contribution in [3.05, 3.63) is 328 Å². The van der Waals surface area contributed by atoms with Crippen LogP contribution in [0.25, 0.3) is 77.9 Å². The van der Waals surface area contributed by atoms with Crippen molar-refractivity contribution in [1.82, 2.24) is 4.98 Å². The minimum Gasteiger partial charge on any atom is -0.493 e. The van der Waals surface area contributed by atoms with Crippen molar-refractivity contribution in [1.29, 1.82) is 0 Å². The van der Waals surface area contributed by atoms with Gasteiger partial charge in [-0.3, -0.25) is 0 Å². The van der Waals surface area contributed by atoms with Gasteiger partial charge < -0.3 is 19.6 Å². The summed E-state index contributed by atoms with van der Waals surface area (Å²) in [6.07, 6.45) is 2.87. The van der Waals surface area contributed by atoms with Crippen LogP contribution in [0.3, 0.4) is 0 Å². The number of hydrogen-bond acceptors (Lipinski definition) is 5. The fourth-order valence-corrected chi connectivity index (χ4v) is 12.8. The summed E-state index contributed by atoms with van der Waals surface area (Å²) in [5, 5.41) is 0. The van der Waals surface area contributed by atoms with E-state index in [1.165, 1.54) is 16.7 Å². The van der Waals surface area contributed by atoms with Crippen LogP contribution in [0.1, 0.15) is 26.3 Å². The first-order valence-corrected chi connectivity index (χ1v) is 30.2. The fraction of sp³-hybridized carbons (Fsp3) is 0.0602. The summed E-state index contributed by atoms with van der Waals surface area (Å²) in [4.78, 5) is 14.5. The zero-order valence-electron chi connectivity index (χ0n) is 49.7. The molecule has 0 N–H and O–H groups in total. The van der Waals surface area contributed by atoms with Crippen LogP contribution in [-0.2, 0) is 27.5 Å². The van der Waals surface area contributed by atoms with Crippen molar-refractivity contribution in [3.8, 4) is 77.9 Å². The first kappa shape index (κ1) is 56.5. The van der Waals surface area contributed by atoms with Gasteiger partial charge in [-0.05, 0) is 117 Å². The molecule has 13 aromatic rings. The number of anilines is 10. The number of hydrogen-bond donors (Lipinski definition) is 0. The van der Waals surface area contributed by atoms with E-state index in [2.05, 4.69) is 356 Å². The fourth-order valence-electron chi connectivity index (χ4n) is 12.8. The summed E-state index contributed by atoms with van der Waals surface area (Å²) in [6, 6.07) is 115. The van der Waals surface area contributed by atoms with Gasteiger partial charge in [-0.1, -0.05) is 262 Å². The largest absolute Gasteiger partial charge is 0.493 e. The smallest absolute Gasteiger partial charge is 0.135 e. The zero-order valence-corrected chi connectivity index (χ0v) is 52.0.